The average molecular weight is 385 g/mol. The molecule has 0 fully saturated rings. The van der Waals surface area contributed by atoms with Crippen LogP contribution in [0.2, 0.25) is 10.0 Å². The van der Waals surface area contributed by atoms with E-state index in [-0.39, 0.29) is 27.9 Å². The van der Waals surface area contributed by atoms with Crippen LogP contribution in [0.1, 0.15) is 11.1 Å². The summed E-state index contributed by atoms with van der Waals surface area (Å²) in [5.41, 5.74) is 1.53. The Morgan fingerprint density at radius 3 is 2.46 bits per heavy atom. The van der Waals surface area contributed by atoms with E-state index in [2.05, 4.69) is 0 Å². The first-order chi connectivity index (χ1) is 11.3. The van der Waals surface area contributed by atoms with E-state index in [9.17, 15) is 18.3 Å². The van der Waals surface area contributed by atoms with Crippen LogP contribution in [0.5, 0.6) is 0 Å². The first-order valence-electron chi connectivity index (χ1n) is 7.05. The van der Waals surface area contributed by atoms with Crippen LogP contribution < -0.4 is 5.11 Å². The molecule has 0 saturated heterocycles. The number of sulfonamides is 1. The maximum absolute atomic E-state index is 13.0. The molecule has 5 nitrogen and oxygen atoms in total. The standard InChI is InChI=1S/C16H13Cl2NO4S/c17-12-5-6-13(18)15(8-12)24(22,23)19-9-11-4-2-1-3-10(11)7-14(19)16(20)21/h1-6,8,14H,7,9H2,(H,20,21)/p-1/t14-/m1/s1. The van der Waals surface area contributed by atoms with Crippen molar-refractivity contribution in [1.82, 2.24) is 4.31 Å². The van der Waals surface area contributed by atoms with Crippen LogP contribution in [0.4, 0.5) is 0 Å². The van der Waals surface area contributed by atoms with Gasteiger partial charge in [0.1, 0.15) is 4.90 Å². The van der Waals surface area contributed by atoms with E-state index < -0.39 is 22.0 Å². The van der Waals surface area contributed by atoms with Crippen LogP contribution in [-0.4, -0.2) is 24.7 Å². The van der Waals surface area contributed by atoms with Crippen LogP contribution >= 0.6 is 23.2 Å². The zero-order valence-corrected chi connectivity index (χ0v) is 14.6. The van der Waals surface area contributed by atoms with Gasteiger partial charge in [-0.05, 0) is 35.7 Å². The Kier molecular flexibility index (Phi) is 4.57. The summed E-state index contributed by atoms with van der Waals surface area (Å²) < 4.78 is 26.9. The first-order valence-corrected chi connectivity index (χ1v) is 9.25. The van der Waals surface area contributed by atoms with Gasteiger partial charge in [-0.1, -0.05) is 47.5 Å². The molecule has 3 rings (SSSR count). The predicted molar refractivity (Wildman–Crippen MR) is 88.1 cm³/mol. The molecule has 0 N–H and O–H groups in total. The smallest absolute Gasteiger partial charge is 0.245 e. The number of halogens is 2. The number of carboxylic acid groups (broad SMARTS) is 1. The summed E-state index contributed by atoms with van der Waals surface area (Å²) in [6.07, 6.45) is 0.0376. The van der Waals surface area contributed by atoms with Crippen molar-refractivity contribution in [2.75, 3.05) is 0 Å². The molecule has 2 aromatic rings. The number of carbonyl (C=O) groups is 1. The van der Waals surface area contributed by atoms with Gasteiger partial charge < -0.3 is 9.90 Å². The second-order valence-electron chi connectivity index (χ2n) is 5.43. The highest BCUT2D eigenvalue weighted by Gasteiger charge is 2.37. The molecule has 24 heavy (non-hydrogen) atoms. The zero-order chi connectivity index (χ0) is 17.5. The second kappa shape index (κ2) is 6.37. The van der Waals surface area contributed by atoms with Gasteiger partial charge in [-0.3, -0.25) is 0 Å². The van der Waals surface area contributed by atoms with E-state index in [4.69, 9.17) is 23.2 Å². The minimum Gasteiger partial charge on any atom is -0.548 e. The molecule has 0 bridgehead atoms. The van der Waals surface area contributed by atoms with Gasteiger partial charge in [0.15, 0.2) is 0 Å². The number of hydrogen-bond acceptors (Lipinski definition) is 4. The molecule has 0 spiro atoms. The average Bonchev–Trinajstić information content (AvgIpc) is 2.55. The second-order valence-corrected chi connectivity index (χ2v) is 8.14. The fraction of sp³-hybridized carbons (Fsp3) is 0.188. The lowest BCUT2D eigenvalue weighted by Crippen LogP contribution is -2.53. The van der Waals surface area contributed by atoms with E-state index in [1.165, 1.54) is 18.2 Å². The minimum atomic E-state index is -4.16. The van der Waals surface area contributed by atoms with Crippen LogP contribution in [0.15, 0.2) is 47.4 Å². The Morgan fingerprint density at radius 2 is 1.79 bits per heavy atom. The first kappa shape index (κ1) is 17.2. The van der Waals surface area contributed by atoms with Crippen molar-refractivity contribution in [2.24, 2.45) is 0 Å². The van der Waals surface area contributed by atoms with Gasteiger partial charge >= 0.3 is 0 Å². The van der Waals surface area contributed by atoms with Crippen LogP contribution in [0.25, 0.3) is 0 Å². The molecule has 0 unspecified atom stereocenters. The lowest BCUT2D eigenvalue weighted by atomic mass is 9.96. The lowest BCUT2D eigenvalue weighted by molar-refractivity contribution is -0.310. The van der Waals surface area contributed by atoms with Gasteiger partial charge in [-0.15, -0.1) is 0 Å². The van der Waals surface area contributed by atoms with E-state index in [1.54, 1.807) is 24.3 Å². The van der Waals surface area contributed by atoms with Crippen molar-refractivity contribution in [3.63, 3.8) is 0 Å². The summed E-state index contributed by atoms with van der Waals surface area (Å²) in [4.78, 5) is 11.3. The van der Waals surface area contributed by atoms with Gasteiger partial charge in [0.2, 0.25) is 10.0 Å². The van der Waals surface area contributed by atoms with Crippen LogP contribution in [0, 0.1) is 0 Å². The molecular formula is C16H12Cl2NO4S-. The normalized spacial score (nSPS) is 18.2. The quantitative estimate of drug-likeness (QED) is 0.808. The van der Waals surface area contributed by atoms with Gasteiger partial charge in [0.25, 0.3) is 0 Å². The zero-order valence-electron chi connectivity index (χ0n) is 12.3. The highest BCUT2D eigenvalue weighted by Crippen LogP contribution is 2.33. The van der Waals surface area contributed by atoms with E-state index in [0.29, 0.717) is 0 Å². The fourth-order valence-electron chi connectivity index (χ4n) is 2.75. The number of fused-ring (bicyclic) bond motifs is 1. The van der Waals surface area contributed by atoms with E-state index in [0.717, 1.165) is 15.4 Å². The highest BCUT2D eigenvalue weighted by atomic mass is 35.5. The Morgan fingerprint density at radius 1 is 1.12 bits per heavy atom. The van der Waals surface area contributed by atoms with Gasteiger partial charge in [-0.25, -0.2) is 8.42 Å². The van der Waals surface area contributed by atoms with Gasteiger partial charge in [-0.2, -0.15) is 4.31 Å². The van der Waals surface area contributed by atoms with Crippen molar-refractivity contribution < 1.29 is 18.3 Å². The monoisotopic (exact) mass is 384 g/mol. The van der Waals surface area contributed by atoms with E-state index in [1.807, 2.05) is 0 Å². The molecule has 0 radical (unpaired) electrons. The third kappa shape index (κ3) is 3.02. The summed E-state index contributed by atoms with van der Waals surface area (Å²) in [5, 5.41) is 11.7. The Labute approximate surface area is 149 Å². The molecule has 0 saturated carbocycles. The molecule has 0 aromatic heterocycles. The summed E-state index contributed by atoms with van der Waals surface area (Å²) in [6.45, 7) is -0.0694. The molecule has 8 heteroatoms. The van der Waals surface area contributed by atoms with Crippen LogP contribution in [0.3, 0.4) is 0 Å². The van der Waals surface area contributed by atoms with Crippen molar-refractivity contribution in [2.45, 2.75) is 23.9 Å². The molecule has 126 valence electrons. The molecule has 1 heterocycles. The third-order valence-corrected chi connectivity index (χ3v) is 6.53. The van der Waals surface area contributed by atoms with Gasteiger partial charge in [0.05, 0.1) is 17.0 Å². The minimum absolute atomic E-state index is 0.0182. The summed E-state index contributed by atoms with van der Waals surface area (Å²) >= 11 is 11.9. The third-order valence-electron chi connectivity index (χ3n) is 3.96. The SMILES string of the molecule is O=C([O-])[C@H]1Cc2ccccc2CN1S(=O)(=O)c1cc(Cl)ccc1Cl. The van der Waals surface area contributed by atoms with Crippen molar-refractivity contribution in [3.8, 4) is 0 Å². The summed E-state index contributed by atoms with van der Waals surface area (Å²) in [6, 6.07) is 9.84. The highest BCUT2D eigenvalue weighted by molar-refractivity contribution is 7.89. The van der Waals surface area contributed by atoms with Crippen molar-refractivity contribution in [1.29, 1.82) is 0 Å². The molecular weight excluding hydrogens is 373 g/mol. The molecule has 1 atom stereocenters. The predicted octanol–water partition coefficient (Wildman–Crippen LogP) is 1.86. The Balaban J connectivity index is 2.11. The Bertz CT molecular complexity index is 914. The van der Waals surface area contributed by atoms with Crippen LogP contribution in [-0.2, 0) is 27.8 Å². The molecule has 0 aliphatic carbocycles. The molecule has 2 aromatic carbocycles. The summed E-state index contributed by atoms with van der Waals surface area (Å²) in [7, 11) is -4.16. The fourth-order valence-corrected chi connectivity index (χ4v) is 5.05. The number of nitrogens with zero attached hydrogens (tertiary/aromatic N) is 1. The maximum Gasteiger partial charge on any atom is 0.245 e. The van der Waals surface area contributed by atoms with Crippen molar-refractivity contribution in [3.05, 3.63) is 63.6 Å². The summed E-state index contributed by atoms with van der Waals surface area (Å²) in [5.74, 6) is -1.45. The maximum atomic E-state index is 13.0. The van der Waals surface area contributed by atoms with Crippen molar-refractivity contribution >= 4 is 39.2 Å². The topological polar surface area (TPSA) is 77.5 Å². The number of carboxylic acids is 1. The molecule has 0 amide bonds. The van der Waals surface area contributed by atoms with Gasteiger partial charge in [0, 0.05) is 11.6 Å². The number of benzene rings is 2. The molecule has 1 aliphatic heterocycles. The number of aliphatic carboxylic acids is 1. The number of rotatable bonds is 3. The number of carbonyl (C=O) groups excluding carboxylic acids is 1. The van der Waals surface area contributed by atoms with E-state index >= 15 is 0 Å². The Hall–Kier alpha value is -1.60. The lowest BCUT2D eigenvalue weighted by Gasteiger charge is -2.36. The molecule has 1 aliphatic rings. The largest absolute Gasteiger partial charge is 0.548 e. The number of hydrogen-bond donors (Lipinski definition) is 0.